The number of rotatable bonds is 1. The highest BCUT2D eigenvalue weighted by atomic mass is 16.3. The van der Waals surface area contributed by atoms with Gasteiger partial charge in [-0.1, -0.05) is 97.9 Å². The molecule has 0 fully saturated rings. The van der Waals surface area contributed by atoms with Crippen LogP contribution >= 0.6 is 0 Å². The van der Waals surface area contributed by atoms with Crippen molar-refractivity contribution in [1.82, 2.24) is 0 Å². The lowest BCUT2D eigenvalue weighted by Crippen LogP contribution is -2.17. The fraction of sp³-hybridized carbons (Fsp3) is 0.379. The SMILES string of the molecule is CC(C)(C)c1cc(-c2ccc3c(c2)C(C)(C)c2ccccc2-3)c(O)c(C(C)(C)C)c1. The van der Waals surface area contributed by atoms with Gasteiger partial charge in [0.2, 0.25) is 0 Å². The van der Waals surface area contributed by atoms with Gasteiger partial charge in [0.05, 0.1) is 0 Å². The zero-order valence-electron chi connectivity index (χ0n) is 19.6. The van der Waals surface area contributed by atoms with Crippen molar-refractivity contribution in [3.63, 3.8) is 0 Å². The molecule has 4 rings (SSSR count). The van der Waals surface area contributed by atoms with Crippen molar-refractivity contribution in [1.29, 1.82) is 0 Å². The van der Waals surface area contributed by atoms with E-state index in [0.29, 0.717) is 5.75 Å². The van der Waals surface area contributed by atoms with E-state index in [4.69, 9.17) is 0 Å². The first-order chi connectivity index (χ1) is 13.8. The number of hydrogen-bond donors (Lipinski definition) is 1. The van der Waals surface area contributed by atoms with Crippen LogP contribution in [-0.4, -0.2) is 5.11 Å². The average molecular weight is 399 g/mol. The maximum atomic E-state index is 11.3. The fourth-order valence-corrected chi connectivity index (χ4v) is 4.73. The Kier molecular flexibility index (Phi) is 4.47. The van der Waals surface area contributed by atoms with Crippen molar-refractivity contribution >= 4 is 0 Å². The molecule has 0 saturated heterocycles. The smallest absolute Gasteiger partial charge is 0.127 e. The van der Waals surface area contributed by atoms with Crippen LogP contribution in [0.1, 0.15) is 77.6 Å². The Hall–Kier alpha value is -2.54. The molecule has 1 aliphatic carbocycles. The van der Waals surface area contributed by atoms with Gasteiger partial charge in [-0.15, -0.1) is 0 Å². The number of aromatic hydroxyl groups is 1. The van der Waals surface area contributed by atoms with Crippen LogP contribution in [0.15, 0.2) is 54.6 Å². The Labute approximate surface area is 181 Å². The second-order valence-corrected chi connectivity index (χ2v) is 11.4. The molecule has 1 nitrogen and oxygen atoms in total. The van der Waals surface area contributed by atoms with Crippen LogP contribution in [0.5, 0.6) is 5.75 Å². The van der Waals surface area contributed by atoms with Crippen molar-refractivity contribution in [2.24, 2.45) is 0 Å². The third kappa shape index (κ3) is 3.16. The molecule has 30 heavy (non-hydrogen) atoms. The van der Waals surface area contributed by atoms with E-state index >= 15 is 0 Å². The lowest BCUT2D eigenvalue weighted by atomic mass is 9.77. The molecular formula is C29H34O. The van der Waals surface area contributed by atoms with Gasteiger partial charge >= 0.3 is 0 Å². The van der Waals surface area contributed by atoms with Crippen LogP contribution in [0, 0.1) is 0 Å². The van der Waals surface area contributed by atoms with Crippen molar-refractivity contribution in [3.8, 4) is 28.0 Å². The van der Waals surface area contributed by atoms with Crippen molar-refractivity contribution in [2.75, 3.05) is 0 Å². The Balaban J connectivity index is 1.96. The normalized spacial score (nSPS) is 15.1. The van der Waals surface area contributed by atoms with E-state index in [0.717, 1.165) is 16.7 Å². The van der Waals surface area contributed by atoms with Gasteiger partial charge in [-0.25, -0.2) is 0 Å². The largest absolute Gasteiger partial charge is 0.507 e. The molecular weight excluding hydrogens is 364 g/mol. The number of hydrogen-bond acceptors (Lipinski definition) is 1. The molecule has 0 heterocycles. The van der Waals surface area contributed by atoms with Gasteiger partial charge in [0, 0.05) is 16.5 Å². The van der Waals surface area contributed by atoms with E-state index in [9.17, 15) is 5.11 Å². The van der Waals surface area contributed by atoms with E-state index in [1.807, 2.05) is 0 Å². The van der Waals surface area contributed by atoms with Gasteiger partial charge < -0.3 is 5.11 Å². The number of phenols is 1. The zero-order valence-corrected chi connectivity index (χ0v) is 19.6. The number of phenolic OH excluding ortho intramolecular Hbond substituents is 1. The Morgan fingerprint density at radius 1 is 0.667 bits per heavy atom. The standard InChI is InChI=1S/C29H34O/c1-27(2,3)19-16-22(26(30)25(17-19)28(4,5)6)18-13-14-21-20-11-9-10-12-23(20)29(7,8)24(21)15-18/h9-17,30H,1-8H3. The second-order valence-electron chi connectivity index (χ2n) is 11.4. The van der Waals surface area contributed by atoms with Crippen molar-refractivity contribution < 1.29 is 5.11 Å². The number of fused-ring (bicyclic) bond motifs is 3. The van der Waals surface area contributed by atoms with Crippen LogP contribution in [0.3, 0.4) is 0 Å². The van der Waals surface area contributed by atoms with Crippen LogP contribution in [0.25, 0.3) is 22.3 Å². The summed E-state index contributed by atoms with van der Waals surface area (Å²) in [6.45, 7) is 17.8. The minimum atomic E-state index is -0.133. The summed E-state index contributed by atoms with van der Waals surface area (Å²) in [5.74, 6) is 0.406. The summed E-state index contributed by atoms with van der Waals surface area (Å²) in [5, 5.41) is 11.3. The fourth-order valence-electron chi connectivity index (χ4n) is 4.73. The van der Waals surface area contributed by atoms with Crippen LogP contribution in [-0.2, 0) is 16.2 Å². The van der Waals surface area contributed by atoms with E-state index in [1.165, 1.54) is 27.8 Å². The highest BCUT2D eigenvalue weighted by molar-refractivity contribution is 5.85. The summed E-state index contributed by atoms with van der Waals surface area (Å²) >= 11 is 0. The van der Waals surface area contributed by atoms with Gasteiger partial charge in [0.1, 0.15) is 5.75 Å². The molecule has 0 saturated carbocycles. The van der Waals surface area contributed by atoms with E-state index in [1.54, 1.807) is 0 Å². The van der Waals surface area contributed by atoms with E-state index < -0.39 is 0 Å². The van der Waals surface area contributed by atoms with Crippen molar-refractivity contribution in [2.45, 2.75) is 71.6 Å². The molecule has 156 valence electrons. The predicted molar refractivity (Wildman–Crippen MR) is 129 cm³/mol. The summed E-state index contributed by atoms with van der Waals surface area (Å²) in [6.07, 6.45) is 0. The zero-order chi connectivity index (χ0) is 22.1. The molecule has 3 aromatic rings. The topological polar surface area (TPSA) is 20.2 Å². The quantitative estimate of drug-likeness (QED) is 0.441. The Bertz CT molecular complexity index is 1130. The third-order valence-corrected chi connectivity index (χ3v) is 6.68. The maximum Gasteiger partial charge on any atom is 0.127 e. The van der Waals surface area contributed by atoms with Crippen LogP contribution in [0.4, 0.5) is 0 Å². The summed E-state index contributed by atoms with van der Waals surface area (Å²) in [7, 11) is 0. The summed E-state index contributed by atoms with van der Waals surface area (Å²) < 4.78 is 0. The van der Waals surface area contributed by atoms with Gasteiger partial charge in [-0.2, -0.15) is 0 Å². The molecule has 0 atom stereocenters. The molecule has 1 N–H and O–H groups in total. The molecule has 1 heteroatoms. The second kappa shape index (κ2) is 6.48. The van der Waals surface area contributed by atoms with Gasteiger partial charge in [0.25, 0.3) is 0 Å². The molecule has 0 bridgehead atoms. The van der Waals surface area contributed by atoms with Crippen LogP contribution in [0.2, 0.25) is 0 Å². The van der Waals surface area contributed by atoms with Gasteiger partial charge in [0.15, 0.2) is 0 Å². The predicted octanol–water partition coefficient (Wildman–Crippen LogP) is 7.96. The molecule has 0 spiro atoms. The third-order valence-electron chi connectivity index (χ3n) is 6.68. The summed E-state index contributed by atoms with van der Waals surface area (Å²) in [4.78, 5) is 0. The monoisotopic (exact) mass is 398 g/mol. The summed E-state index contributed by atoms with van der Waals surface area (Å²) in [6, 6.07) is 19.8. The minimum Gasteiger partial charge on any atom is -0.507 e. The first kappa shape index (κ1) is 20.7. The molecule has 3 aromatic carbocycles. The van der Waals surface area contributed by atoms with Gasteiger partial charge in [-0.05, 0) is 56.3 Å². The van der Waals surface area contributed by atoms with E-state index in [-0.39, 0.29) is 16.2 Å². The lowest BCUT2D eigenvalue weighted by molar-refractivity contribution is 0.446. The Morgan fingerprint density at radius 2 is 1.30 bits per heavy atom. The summed E-state index contributed by atoms with van der Waals surface area (Å²) in [5.41, 5.74) is 9.45. The highest BCUT2D eigenvalue weighted by Gasteiger charge is 2.35. The lowest BCUT2D eigenvalue weighted by Gasteiger charge is -2.28. The van der Waals surface area contributed by atoms with E-state index in [2.05, 4.69) is 110 Å². The molecule has 0 aliphatic heterocycles. The molecule has 0 amide bonds. The average Bonchev–Trinajstić information content (AvgIpc) is 2.88. The Morgan fingerprint density at radius 3 is 1.93 bits per heavy atom. The van der Waals surface area contributed by atoms with Gasteiger partial charge in [-0.3, -0.25) is 0 Å². The molecule has 0 aromatic heterocycles. The molecule has 1 aliphatic rings. The first-order valence-electron chi connectivity index (χ1n) is 10.9. The minimum absolute atomic E-state index is 0.00862. The first-order valence-corrected chi connectivity index (χ1v) is 10.9. The highest BCUT2D eigenvalue weighted by Crippen LogP contribution is 2.50. The van der Waals surface area contributed by atoms with Crippen LogP contribution < -0.4 is 0 Å². The van der Waals surface area contributed by atoms with Crippen molar-refractivity contribution in [3.05, 3.63) is 76.9 Å². The molecule has 0 radical (unpaired) electrons. The maximum absolute atomic E-state index is 11.3. The number of benzene rings is 3. The molecule has 0 unspecified atom stereocenters.